The van der Waals surface area contributed by atoms with Crippen molar-refractivity contribution in [3.63, 3.8) is 0 Å². The Bertz CT molecular complexity index is 414. The van der Waals surface area contributed by atoms with Crippen molar-refractivity contribution in [2.75, 3.05) is 12.3 Å². The second-order valence-electron chi connectivity index (χ2n) is 5.77. The quantitative estimate of drug-likeness (QED) is 0.768. The molecule has 0 aromatic carbocycles. The molecule has 1 aliphatic heterocycles. The van der Waals surface area contributed by atoms with Gasteiger partial charge in [-0.25, -0.2) is 13.9 Å². The molecule has 0 aliphatic carbocycles. The molecule has 1 aliphatic rings. The molecule has 1 heterocycles. The van der Waals surface area contributed by atoms with E-state index in [2.05, 4.69) is 5.48 Å². The molecule has 112 valence electrons. The van der Waals surface area contributed by atoms with Gasteiger partial charge in [-0.15, -0.1) is 0 Å². The molecule has 0 aromatic rings. The maximum Gasteiger partial charge on any atom is 0.261 e. The lowest BCUT2D eigenvalue weighted by Gasteiger charge is -2.25. The van der Waals surface area contributed by atoms with Gasteiger partial charge in [-0.05, 0) is 40.0 Å². The van der Waals surface area contributed by atoms with Crippen LogP contribution in [0.25, 0.3) is 0 Å². The normalized spacial score (nSPS) is 21.6. The van der Waals surface area contributed by atoms with E-state index in [9.17, 15) is 13.2 Å². The second-order valence-corrected chi connectivity index (χ2v) is 7.81. The van der Waals surface area contributed by atoms with Gasteiger partial charge in [0.2, 0.25) is 10.0 Å². The average molecular weight is 292 g/mol. The van der Waals surface area contributed by atoms with E-state index in [4.69, 9.17) is 4.84 Å². The van der Waals surface area contributed by atoms with Crippen LogP contribution in [0.5, 0.6) is 0 Å². The first kappa shape index (κ1) is 16.4. The van der Waals surface area contributed by atoms with E-state index >= 15 is 0 Å². The molecule has 1 N–H and O–H groups in total. The smallest absolute Gasteiger partial charge is 0.261 e. The summed E-state index contributed by atoms with van der Waals surface area (Å²) in [6.07, 6.45) is 1.80. The summed E-state index contributed by atoms with van der Waals surface area (Å²) in [5, 5.41) is 0. The highest BCUT2D eigenvalue weighted by Crippen LogP contribution is 2.22. The largest absolute Gasteiger partial charge is 0.271 e. The highest BCUT2D eigenvalue weighted by Gasteiger charge is 2.38. The molecule has 0 spiro atoms. The maximum absolute atomic E-state index is 12.1. The van der Waals surface area contributed by atoms with Gasteiger partial charge < -0.3 is 0 Å². The summed E-state index contributed by atoms with van der Waals surface area (Å²) in [5.41, 5.74) is 1.87. The Hall–Kier alpha value is -0.660. The number of rotatable bonds is 5. The lowest BCUT2D eigenvalue weighted by molar-refractivity contribution is -0.148. The zero-order valence-corrected chi connectivity index (χ0v) is 12.9. The molecule has 0 aromatic heterocycles. The van der Waals surface area contributed by atoms with Crippen LogP contribution < -0.4 is 5.48 Å². The summed E-state index contributed by atoms with van der Waals surface area (Å²) >= 11 is 0. The number of carbonyl (C=O) groups is 1. The van der Waals surface area contributed by atoms with E-state index in [1.54, 1.807) is 0 Å². The molecule has 7 heteroatoms. The average Bonchev–Trinajstić information content (AvgIpc) is 2.74. The van der Waals surface area contributed by atoms with Gasteiger partial charge in [0.25, 0.3) is 5.91 Å². The summed E-state index contributed by atoms with van der Waals surface area (Å²) < 4.78 is 25.4. The Morgan fingerprint density at radius 1 is 1.42 bits per heavy atom. The fourth-order valence-corrected chi connectivity index (χ4v) is 3.73. The molecule has 19 heavy (non-hydrogen) atoms. The Balaban J connectivity index is 2.69. The molecule has 1 fully saturated rings. The van der Waals surface area contributed by atoms with Crippen LogP contribution in [-0.4, -0.2) is 42.6 Å². The minimum Gasteiger partial charge on any atom is -0.271 e. The third kappa shape index (κ3) is 4.74. The number of carbonyl (C=O) groups excluding carboxylic acids is 1. The van der Waals surface area contributed by atoms with Crippen LogP contribution in [0.1, 0.15) is 47.0 Å². The van der Waals surface area contributed by atoms with Gasteiger partial charge in [0.1, 0.15) is 6.04 Å². The predicted octanol–water partition coefficient (Wildman–Crippen LogP) is 1.04. The van der Waals surface area contributed by atoms with Crippen LogP contribution in [0.3, 0.4) is 0 Å². The Labute approximate surface area is 115 Å². The summed E-state index contributed by atoms with van der Waals surface area (Å²) in [4.78, 5) is 17.2. The second kappa shape index (κ2) is 6.19. The fourth-order valence-electron chi connectivity index (χ4n) is 1.98. The first-order valence-corrected chi connectivity index (χ1v) is 8.25. The van der Waals surface area contributed by atoms with Gasteiger partial charge in [-0.1, -0.05) is 6.92 Å². The number of sulfonamides is 1. The zero-order chi connectivity index (χ0) is 14.7. The van der Waals surface area contributed by atoms with Gasteiger partial charge in [-0.3, -0.25) is 9.63 Å². The van der Waals surface area contributed by atoms with Crippen LogP contribution in [0, 0.1) is 0 Å². The third-order valence-corrected chi connectivity index (χ3v) is 4.86. The molecule has 1 amide bonds. The van der Waals surface area contributed by atoms with Crippen molar-refractivity contribution in [1.82, 2.24) is 9.79 Å². The summed E-state index contributed by atoms with van der Waals surface area (Å²) in [6, 6.07) is -0.640. The van der Waals surface area contributed by atoms with E-state index in [0.29, 0.717) is 25.8 Å². The topological polar surface area (TPSA) is 75.7 Å². The standard InChI is InChI=1S/C12H24N2O4S/c1-5-9-19(16,17)14-8-6-7-10(14)11(15)13-18-12(2,3)4/h10H,5-9H2,1-4H3,(H,13,15). The Kier molecular flexibility index (Phi) is 5.34. The maximum atomic E-state index is 12.1. The van der Waals surface area contributed by atoms with Crippen LogP contribution in [-0.2, 0) is 19.7 Å². The highest BCUT2D eigenvalue weighted by atomic mass is 32.2. The van der Waals surface area contributed by atoms with Crippen LogP contribution in [0.4, 0.5) is 0 Å². The molecule has 6 nitrogen and oxygen atoms in total. The van der Waals surface area contributed by atoms with E-state index in [1.165, 1.54) is 4.31 Å². The molecule has 1 rings (SSSR count). The van der Waals surface area contributed by atoms with Crippen molar-refractivity contribution >= 4 is 15.9 Å². The van der Waals surface area contributed by atoms with Crippen molar-refractivity contribution in [2.45, 2.75) is 58.6 Å². The molecule has 0 radical (unpaired) electrons. The summed E-state index contributed by atoms with van der Waals surface area (Å²) in [5.74, 6) is -0.302. The Morgan fingerprint density at radius 2 is 2.05 bits per heavy atom. The fraction of sp³-hybridized carbons (Fsp3) is 0.917. The molecular weight excluding hydrogens is 268 g/mol. The molecule has 0 bridgehead atoms. The number of hydrogen-bond donors (Lipinski definition) is 1. The van der Waals surface area contributed by atoms with Crippen molar-refractivity contribution in [3.05, 3.63) is 0 Å². The van der Waals surface area contributed by atoms with E-state index < -0.39 is 21.7 Å². The molecule has 1 saturated heterocycles. The molecule has 1 atom stereocenters. The van der Waals surface area contributed by atoms with Gasteiger partial charge in [-0.2, -0.15) is 4.31 Å². The SMILES string of the molecule is CCCS(=O)(=O)N1CCCC1C(=O)NOC(C)(C)C. The number of nitrogens with one attached hydrogen (secondary N) is 1. The Morgan fingerprint density at radius 3 is 2.58 bits per heavy atom. The van der Waals surface area contributed by atoms with Gasteiger partial charge in [0, 0.05) is 6.54 Å². The first-order valence-electron chi connectivity index (χ1n) is 6.65. The lowest BCUT2D eigenvalue weighted by Crippen LogP contribution is -2.48. The predicted molar refractivity (Wildman–Crippen MR) is 72.8 cm³/mol. The van der Waals surface area contributed by atoms with Crippen LogP contribution in [0.15, 0.2) is 0 Å². The minimum absolute atomic E-state index is 0.0803. The minimum atomic E-state index is -3.34. The monoisotopic (exact) mass is 292 g/mol. The van der Waals surface area contributed by atoms with Crippen molar-refractivity contribution in [2.24, 2.45) is 0 Å². The van der Waals surface area contributed by atoms with Gasteiger partial charge in [0.15, 0.2) is 0 Å². The van der Waals surface area contributed by atoms with Gasteiger partial charge in [0.05, 0.1) is 11.4 Å². The van der Waals surface area contributed by atoms with Crippen LogP contribution >= 0.6 is 0 Å². The number of amides is 1. The lowest BCUT2D eigenvalue weighted by atomic mass is 10.2. The summed E-state index contributed by atoms with van der Waals surface area (Å²) in [7, 11) is -3.34. The van der Waals surface area contributed by atoms with Gasteiger partial charge >= 0.3 is 0 Å². The number of hydroxylamine groups is 1. The third-order valence-electron chi connectivity index (χ3n) is 2.78. The van der Waals surface area contributed by atoms with Crippen molar-refractivity contribution in [1.29, 1.82) is 0 Å². The highest BCUT2D eigenvalue weighted by molar-refractivity contribution is 7.89. The number of nitrogens with zero attached hydrogens (tertiary/aromatic N) is 1. The van der Waals surface area contributed by atoms with E-state index in [-0.39, 0.29) is 11.7 Å². The number of hydrogen-bond acceptors (Lipinski definition) is 4. The molecule has 0 saturated carbocycles. The summed E-state index contributed by atoms with van der Waals surface area (Å²) in [6.45, 7) is 7.66. The zero-order valence-electron chi connectivity index (χ0n) is 12.1. The van der Waals surface area contributed by atoms with Crippen molar-refractivity contribution < 1.29 is 18.0 Å². The van der Waals surface area contributed by atoms with Crippen molar-refractivity contribution in [3.8, 4) is 0 Å². The molecule has 1 unspecified atom stereocenters. The van der Waals surface area contributed by atoms with E-state index in [0.717, 1.165) is 0 Å². The van der Waals surface area contributed by atoms with E-state index in [1.807, 2.05) is 27.7 Å². The molecular formula is C12H24N2O4S. The van der Waals surface area contributed by atoms with Crippen LogP contribution in [0.2, 0.25) is 0 Å². The first-order chi connectivity index (χ1) is 8.67.